The summed E-state index contributed by atoms with van der Waals surface area (Å²) < 4.78 is 4.88. The normalized spacial score (nSPS) is 12.4. The second-order valence-electron chi connectivity index (χ2n) is 4.21. The molecular weight excluding hydrogens is 208 g/mol. The van der Waals surface area contributed by atoms with Crippen LogP contribution in [0.15, 0.2) is 0 Å². The zero-order chi connectivity index (χ0) is 12.8. The van der Waals surface area contributed by atoms with Crippen LogP contribution < -0.4 is 11.1 Å². The van der Waals surface area contributed by atoms with Crippen LogP contribution in [-0.2, 0) is 9.53 Å². The van der Waals surface area contributed by atoms with Gasteiger partial charge in [0.25, 0.3) is 0 Å². The van der Waals surface area contributed by atoms with Crippen molar-refractivity contribution < 1.29 is 14.3 Å². The number of carbonyl (C=O) groups is 2. The Morgan fingerprint density at radius 1 is 1.56 bits per heavy atom. The van der Waals surface area contributed by atoms with Gasteiger partial charge in [0.05, 0.1) is 6.54 Å². The van der Waals surface area contributed by atoms with Gasteiger partial charge in [-0.3, -0.25) is 4.79 Å². The minimum absolute atomic E-state index is 0.168. The van der Waals surface area contributed by atoms with E-state index in [1.165, 1.54) is 0 Å². The smallest absolute Gasteiger partial charge is 0.405 e. The molecule has 0 aromatic heterocycles. The van der Waals surface area contributed by atoms with Crippen molar-refractivity contribution in [1.82, 2.24) is 5.32 Å². The molecule has 1 atom stereocenters. The Morgan fingerprint density at radius 3 is 2.56 bits per heavy atom. The third-order valence-corrected chi connectivity index (χ3v) is 1.99. The summed E-state index contributed by atoms with van der Waals surface area (Å²) >= 11 is 0. The second-order valence-corrected chi connectivity index (χ2v) is 4.21. The first-order valence-corrected chi connectivity index (χ1v) is 4.98. The molecular formula is C11H18N2O3. The molecule has 0 unspecified atom stereocenters. The highest BCUT2D eigenvalue weighted by molar-refractivity contribution is 5.78. The number of amides is 2. The molecule has 0 aliphatic carbocycles. The number of hydrogen-bond acceptors (Lipinski definition) is 3. The first-order valence-electron chi connectivity index (χ1n) is 4.98. The number of ether oxygens (including phenoxy) is 1. The molecule has 16 heavy (non-hydrogen) atoms. The van der Waals surface area contributed by atoms with Gasteiger partial charge in [-0.25, -0.2) is 4.79 Å². The number of nitrogens with one attached hydrogen (secondary N) is 1. The Morgan fingerprint density at radius 2 is 2.12 bits per heavy atom. The molecule has 0 saturated heterocycles. The lowest BCUT2D eigenvalue weighted by Gasteiger charge is -2.26. The van der Waals surface area contributed by atoms with E-state index < -0.39 is 11.7 Å². The summed E-state index contributed by atoms with van der Waals surface area (Å²) in [4.78, 5) is 22.1. The van der Waals surface area contributed by atoms with E-state index in [1.807, 2.05) is 0 Å². The highest BCUT2D eigenvalue weighted by atomic mass is 16.6. The predicted octanol–water partition coefficient (Wildman–Crippen LogP) is 0.636. The predicted molar refractivity (Wildman–Crippen MR) is 60.4 cm³/mol. The van der Waals surface area contributed by atoms with Crippen molar-refractivity contribution in [1.29, 1.82) is 0 Å². The molecule has 5 nitrogen and oxygen atoms in total. The maximum absolute atomic E-state index is 11.5. The van der Waals surface area contributed by atoms with Crippen molar-refractivity contribution in [2.45, 2.75) is 32.8 Å². The summed E-state index contributed by atoms with van der Waals surface area (Å²) in [6, 6.07) is 0. The Labute approximate surface area is 95.7 Å². The molecule has 5 heteroatoms. The van der Waals surface area contributed by atoms with Crippen LogP contribution in [0.1, 0.15) is 27.2 Å². The van der Waals surface area contributed by atoms with E-state index in [4.69, 9.17) is 16.9 Å². The Hall–Kier alpha value is -1.70. The number of carbonyl (C=O) groups excluding carboxylic acids is 2. The molecule has 0 aliphatic heterocycles. The van der Waals surface area contributed by atoms with Crippen molar-refractivity contribution in [3.8, 4) is 12.3 Å². The Kier molecular flexibility index (Phi) is 5.37. The van der Waals surface area contributed by atoms with Gasteiger partial charge in [-0.15, -0.1) is 6.42 Å². The number of terminal acetylenes is 1. The van der Waals surface area contributed by atoms with E-state index in [9.17, 15) is 9.59 Å². The van der Waals surface area contributed by atoms with Crippen LogP contribution in [0.5, 0.6) is 0 Å². The maximum atomic E-state index is 11.5. The van der Waals surface area contributed by atoms with Crippen LogP contribution in [0.25, 0.3) is 0 Å². The zero-order valence-electron chi connectivity index (χ0n) is 9.87. The average molecular weight is 226 g/mol. The molecule has 0 aromatic rings. The summed E-state index contributed by atoms with van der Waals surface area (Å²) in [5, 5.41) is 2.56. The lowest BCUT2D eigenvalue weighted by Crippen LogP contribution is -2.37. The van der Waals surface area contributed by atoms with Gasteiger partial charge in [0.2, 0.25) is 5.91 Å². The lowest BCUT2D eigenvalue weighted by atomic mass is 9.94. The molecule has 0 spiro atoms. The molecule has 90 valence electrons. The second kappa shape index (κ2) is 6.01. The van der Waals surface area contributed by atoms with Gasteiger partial charge >= 0.3 is 6.09 Å². The minimum Gasteiger partial charge on any atom is -0.444 e. The maximum Gasteiger partial charge on any atom is 0.405 e. The van der Waals surface area contributed by atoms with Gasteiger partial charge in [-0.05, 0) is 20.3 Å². The molecule has 0 aliphatic rings. The molecule has 0 radical (unpaired) electrons. The van der Waals surface area contributed by atoms with Crippen LogP contribution in [0.4, 0.5) is 4.79 Å². The summed E-state index contributed by atoms with van der Waals surface area (Å²) in [6.07, 6.45) is 4.55. The highest BCUT2D eigenvalue weighted by Crippen LogP contribution is 2.20. The minimum atomic E-state index is -0.846. The number of primary amides is 1. The fraction of sp³-hybridized carbons (Fsp3) is 0.636. The van der Waals surface area contributed by atoms with Gasteiger partial charge in [0.1, 0.15) is 5.60 Å². The standard InChI is InChI=1S/C11H18N2O3/c1-5-6-13-9(14)8(2)7-11(3,4)16-10(12)15/h1,8H,6-7H2,2-4H3,(H2,12,15)(H,13,14)/t8-/m0/s1. The number of rotatable bonds is 5. The molecule has 0 saturated carbocycles. The first-order chi connectivity index (χ1) is 7.28. The highest BCUT2D eigenvalue weighted by Gasteiger charge is 2.27. The molecule has 0 fully saturated rings. The molecule has 0 aromatic carbocycles. The Balaban J connectivity index is 4.22. The van der Waals surface area contributed by atoms with E-state index in [0.717, 1.165) is 0 Å². The SMILES string of the molecule is C#CCNC(=O)[C@@H](C)CC(C)(C)OC(N)=O. The van der Waals surface area contributed by atoms with E-state index in [0.29, 0.717) is 6.42 Å². The molecule has 3 N–H and O–H groups in total. The molecule has 0 rings (SSSR count). The van der Waals surface area contributed by atoms with Crippen molar-refractivity contribution in [2.24, 2.45) is 11.7 Å². The van der Waals surface area contributed by atoms with Crippen molar-refractivity contribution in [2.75, 3.05) is 6.54 Å². The quantitative estimate of drug-likeness (QED) is 0.675. The monoisotopic (exact) mass is 226 g/mol. The summed E-state index contributed by atoms with van der Waals surface area (Å²) in [6.45, 7) is 5.32. The van der Waals surface area contributed by atoms with E-state index in [1.54, 1.807) is 20.8 Å². The van der Waals surface area contributed by atoms with Crippen molar-refractivity contribution in [3.63, 3.8) is 0 Å². The molecule has 2 amide bonds. The van der Waals surface area contributed by atoms with Crippen LogP contribution in [0, 0.1) is 18.3 Å². The Bertz CT molecular complexity index is 305. The van der Waals surface area contributed by atoms with Gasteiger partial charge in [-0.2, -0.15) is 0 Å². The zero-order valence-corrected chi connectivity index (χ0v) is 9.87. The van der Waals surface area contributed by atoms with Crippen LogP contribution >= 0.6 is 0 Å². The third kappa shape index (κ3) is 5.91. The number of hydrogen-bond donors (Lipinski definition) is 2. The lowest BCUT2D eigenvalue weighted by molar-refractivity contribution is -0.126. The van der Waals surface area contributed by atoms with Crippen LogP contribution in [0.2, 0.25) is 0 Å². The number of nitrogens with two attached hydrogens (primary N) is 1. The van der Waals surface area contributed by atoms with E-state index in [-0.39, 0.29) is 18.4 Å². The van der Waals surface area contributed by atoms with E-state index >= 15 is 0 Å². The van der Waals surface area contributed by atoms with Crippen LogP contribution in [-0.4, -0.2) is 24.1 Å². The summed E-state index contributed by atoms with van der Waals surface area (Å²) in [7, 11) is 0. The van der Waals surface area contributed by atoms with Gasteiger partial charge < -0.3 is 15.8 Å². The topological polar surface area (TPSA) is 81.4 Å². The van der Waals surface area contributed by atoms with Gasteiger partial charge in [-0.1, -0.05) is 12.8 Å². The van der Waals surface area contributed by atoms with Gasteiger partial charge in [0, 0.05) is 5.92 Å². The third-order valence-electron chi connectivity index (χ3n) is 1.99. The van der Waals surface area contributed by atoms with E-state index in [2.05, 4.69) is 11.2 Å². The molecule has 0 bridgehead atoms. The first kappa shape index (κ1) is 14.3. The van der Waals surface area contributed by atoms with Crippen LogP contribution in [0.3, 0.4) is 0 Å². The van der Waals surface area contributed by atoms with Crippen molar-refractivity contribution in [3.05, 3.63) is 0 Å². The molecule has 0 heterocycles. The fourth-order valence-corrected chi connectivity index (χ4v) is 1.46. The van der Waals surface area contributed by atoms with Gasteiger partial charge in [0.15, 0.2) is 0 Å². The summed E-state index contributed by atoms with van der Waals surface area (Å²) in [5.41, 5.74) is 4.16. The van der Waals surface area contributed by atoms with Crippen molar-refractivity contribution >= 4 is 12.0 Å². The average Bonchev–Trinajstić information content (AvgIpc) is 2.10. The fourth-order valence-electron chi connectivity index (χ4n) is 1.46. The summed E-state index contributed by atoms with van der Waals surface area (Å²) in [5.74, 6) is 1.84. The largest absolute Gasteiger partial charge is 0.444 e.